The molecule has 1 saturated heterocycles. The Morgan fingerprint density at radius 3 is 2.81 bits per heavy atom. The number of nitrogens with zero attached hydrogens (tertiary/aromatic N) is 5. The monoisotopic (exact) mass is 305 g/mol. The Morgan fingerprint density at radius 2 is 2.14 bits per heavy atom. The molecule has 3 rings (SSSR count). The first-order valence-electron chi connectivity index (χ1n) is 6.89. The van der Waals surface area contributed by atoms with Crippen LogP contribution in [0.3, 0.4) is 0 Å². The zero-order valence-electron chi connectivity index (χ0n) is 11.7. The number of aromatic nitrogens is 4. The van der Waals surface area contributed by atoms with E-state index in [1.54, 1.807) is 36.5 Å². The molecule has 110 valence electrons. The van der Waals surface area contributed by atoms with Crippen molar-refractivity contribution in [2.75, 3.05) is 11.4 Å². The first kappa shape index (κ1) is 14.0. The van der Waals surface area contributed by atoms with Crippen molar-refractivity contribution >= 4 is 23.3 Å². The number of rotatable bonds is 4. The van der Waals surface area contributed by atoms with E-state index in [1.807, 2.05) is 0 Å². The predicted molar refractivity (Wildman–Crippen MR) is 79.6 cm³/mol. The Kier molecular flexibility index (Phi) is 3.88. The van der Waals surface area contributed by atoms with Crippen molar-refractivity contribution < 1.29 is 4.79 Å². The Labute approximate surface area is 127 Å². The van der Waals surface area contributed by atoms with Crippen LogP contribution in [0.1, 0.15) is 29.6 Å². The fourth-order valence-electron chi connectivity index (χ4n) is 2.66. The smallest absolute Gasteiger partial charge is 0.225 e. The molecular weight excluding hydrogens is 290 g/mol. The number of anilines is 1. The average molecular weight is 306 g/mol. The third-order valence-corrected chi connectivity index (χ3v) is 3.88. The maximum absolute atomic E-state index is 12.3. The van der Waals surface area contributed by atoms with Crippen LogP contribution in [-0.2, 0) is 7.05 Å². The molecule has 1 fully saturated rings. The van der Waals surface area contributed by atoms with Gasteiger partial charge < -0.3 is 4.90 Å². The van der Waals surface area contributed by atoms with Gasteiger partial charge >= 0.3 is 0 Å². The van der Waals surface area contributed by atoms with Gasteiger partial charge in [-0.25, -0.2) is 9.97 Å². The highest BCUT2D eigenvalue weighted by molar-refractivity contribution is 6.30. The fourth-order valence-corrected chi connectivity index (χ4v) is 2.76. The second kappa shape index (κ2) is 5.81. The highest BCUT2D eigenvalue weighted by atomic mass is 35.5. The van der Waals surface area contributed by atoms with E-state index in [4.69, 9.17) is 11.6 Å². The number of aryl methyl sites for hydroxylation is 1. The van der Waals surface area contributed by atoms with Gasteiger partial charge in [-0.05, 0) is 12.8 Å². The van der Waals surface area contributed by atoms with Gasteiger partial charge in [0.2, 0.25) is 5.95 Å². The maximum Gasteiger partial charge on any atom is 0.225 e. The van der Waals surface area contributed by atoms with E-state index in [9.17, 15) is 4.79 Å². The molecule has 0 spiro atoms. The lowest BCUT2D eigenvalue weighted by molar-refractivity contribution is 0.0974. The zero-order chi connectivity index (χ0) is 14.8. The maximum atomic E-state index is 12.3. The third kappa shape index (κ3) is 3.05. The quantitative estimate of drug-likeness (QED) is 0.810. The standard InChI is InChI=1S/C14H16ClN5O/c1-19-9-10(6-18-19)13(21)5-12-3-2-4-20(12)14-16-7-11(15)8-17-14/h6-9,12H,2-5H2,1H3. The summed E-state index contributed by atoms with van der Waals surface area (Å²) < 4.78 is 1.64. The van der Waals surface area contributed by atoms with Crippen molar-refractivity contribution in [1.82, 2.24) is 19.7 Å². The minimum Gasteiger partial charge on any atom is -0.337 e. The van der Waals surface area contributed by atoms with Gasteiger partial charge in [-0.2, -0.15) is 5.10 Å². The minimum atomic E-state index is 0.106. The number of hydrogen-bond acceptors (Lipinski definition) is 5. The van der Waals surface area contributed by atoms with Gasteiger partial charge in [0.15, 0.2) is 5.78 Å². The second-order valence-electron chi connectivity index (χ2n) is 5.22. The second-order valence-corrected chi connectivity index (χ2v) is 5.66. The van der Waals surface area contributed by atoms with Crippen molar-refractivity contribution in [3.63, 3.8) is 0 Å². The van der Waals surface area contributed by atoms with Crippen LogP contribution in [0.2, 0.25) is 5.02 Å². The van der Waals surface area contributed by atoms with E-state index in [0.29, 0.717) is 23.0 Å². The summed E-state index contributed by atoms with van der Waals surface area (Å²) in [5.74, 6) is 0.745. The Morgan fingerprint density at radius 1 is 1.38 bits per heavy atom. The van der Waals surface area contributed by atoms with Gasteiger partial charge in [-0.3, -0.25) is 9.48 Å². The van der Waals surface area contributed by atoms with E-state index < -0.39 is 0 Å². The van der Waals surface area contributed by atoms with Gasteiger partial charge in [0, 0.05) is 32.3 Å². The van der Waals surface area contributed by atoms with Crippen LogP contribution in [0.15, 0.2) is 24.8 Å². The molecule has 7 heteroatoms. The molecule has 2 aromatic rings. The number of hydrogen-bond donors (Lipinski definition) is 0. The Balaban J connectivity index is 1.72. The van der Waals surface area contributed by atoms with Crippen LogP contribution in [0.25, 0.3) is 0 Å². The van der Waals surface area contributed by atoms with Crippen molar-refractivity contribution in [2.45, 2.75) is 25.3 Å². The molecule has 0 radical (unpaired) electrons. The highest BCUT2D eigenvalue weighted by Gasteiger charge is 2.29. The van der Waals surface area contributed by atoms with Crippen LogP contribution < -0.4 is 4.90 Å². The molecule has 1 atom stereocenters. The van der Waals surface area contributed by atoms with Gasteiger partial charge in [-0.15, -0.1) is 0 Å². The largest absolute Gasteiger partial charge is 0.337 e. The number of halogens is 1. The molecule has 0 amide bonds. The molecule has 1 aliphatic rings. The molecular formula is C14H16ClN5O. The van der Waals surface area contributed by atoms with Gasteiger partial charge in [0.05, 0.1) is 29.2 Å². The van der Waals surface area contributed by atoms with Crippen molar-refractivity contribution in [2.24, 2.45) is 7.05 Å². The van der Waals surface area contributed by atoms with Crippen LogP contribution in [0.4, 0.5) is 5.95 Å². The molecule has 21 heavy (non-hydrogen) atoms. The van der Waals surface area contributed by atoms with E-state index in [1.165, 1.54) is 0 Å². The molecule has 0 N–H and O–H groups in total. The van der Waals surface area contributed by atoms with Gasteiger partial charge in [0.1, 0.15) is 0 Å². The van der Waals surface area contributed by atoms with Crippen molar-refractivity contribution in [3.05, 3.63) is 35.4 Å². The number of carbonyl (C=O) groups excluding carboxylic acids is 1. The van der Waals surface area contributed by atoms with Crippen LogP contribution in [0.5, 0.6) is 0 Å². The van der Waals surface area contributed by atoms with Crippen LogP contribution in [0, 0.1) is 0 Å². The molecule has 0 aromatic carbocycles. The molecule has 6 nitrogen and oxygen atoms in total. The van der Waals surface area contributed by atoms with E-state index in [0.717, 1.165) is 19.4 Å². The predicted octanol–water partition coefficient (Wildman–Crippen LogP) is 2.11. The number of carbonyl (C=O) groups is 1. The zero-order valence-corrected chi connectivity index (χ0v) is 12.5. The summed E-state index contributed by atoms with van der Waals surface area (Å²) in [6.45, 7) is 0.868. The molecule has 2 aromatic heterocycles. The molecule has 0 saturated carbocycles. The van der Waals surface area contributed by atoms with Crippen molar-refractivity contribution in [1.29, 1.82) is 0 Å². The molecule has 1 aliphatic heterocycles. The fraction of sp³-hybridized carbons (Fsp3) is 0.429. The molecule has 0 aliphatic carbocycles. The normalized spacial score (nSPS) is 18.2. The summed E-state index contributed by atoms with van der Waals surface area (Å²) in [7, 11) is 1.81. The first-order chi connectivity index (χ1) is 10.1. The summed E-state index contributed by atoms with van der Waals surface area (Å²) in [5, 5.41) is 4.56. The van der Waals surface area contributed by atoms with Crippen molar-refractivity contribution in [3.8, 4) is 0 Å². The summed E-state index contributed by atoms with van der Waals surface area (Å²) in [4.78, 5) is 22.9. The van der Waals surface area contributed by atoms with E-state index >= 15 is 0 Å². The molecule has 0 bridgehead atoms. The van der Waals surface area contributed by atoms with Crippen LogP contribution in [-0.4, -0.2) is 38.1 Å². The summed E-state index contributed by atoms with van der Waals surface area (Å²) >= 11 is 5.81. The van der Waals surface area contributed by atoms with Gasteiger partial charge in [-0.1, -0.05) is 11.6 Å². The Bertz CT molecular complexity index is 639. The minimum absolute atomic E-state index is 0.106. The molecule has 3 heterocycles. The summed E-state index contributed by atoms with van der Waals surface area (Å²) in [5.41, 5.74) is 0.654. The van der Waals surface area contributed by atoms with Crippen LogP contribution >= 0.6 is 11.6 Å². The number of ketones is 1. The van der Waals surface area contributed by atoms with E-state index in [-0.39, 0.29) is 11.8 Å². The number of Topliss-reactive ketones (excluding diaryl/α,β-unsaturated/α-hetero) is 1. The topological polar surface area (TPSA) is 63.9 Å². The summed E-state index contributed by atoms with van der Waals surface area (Å²) in [6.07, 6.45) is 9.00. The van der Waals surface area contributed by atoms with Gasteiger partial charge in [0.25, 0.3) is 0 Å². The average Bonchev–Trinajstić information content (AvgIpc) is 3.09. The first-order valence-corrected chi connectivity index (χ1v) is 7.27. The lowest BCUT2D eigenvalue weighted by atomic mass is 10.0. The SMILES string of the molecule is Cn1cc(C(=O)CC2CCCN2c2ncc(Cl)cn2)cn1. The lowest BCUT2D eigenvalue weighted by Gasteiger charge is -2.23. The third-order valence-electron chi connectivity index (χ3n) is 3.69. The van der Waals surface area contributed by atoms with E-state index in [2.05, 4.69) is 20.0 Å². The lowest BCUT2D eigenvalue weighted by Crippen LogP contribution is -2.32. The highest BCUT2D eigenvalue weighted by Crippen LogP contribution is 2.25. The summed E-state index contributed by atoms with van der Waals surface area (Å²) in [6, 6.07) is 0.138. The Hall–Kier alpha value is -1.95. The molecule has 1 unspecified atom stereocenters.